The number of carbonyl (C=O) groups excluding carboxylic acids is 1. The molecule has 1 heterocycles. The van der Waals surface area contributed by atoms with Gasteiger partial charge in [0.2, 0.25) is 0 Å². The summed E-state index contributed by atoms with van der Waals surface area (Å²) < 4.78 is 17.1. The summed E-state index contributed by atoms with van der Waals surface area (Å²) in [5.74, 6) is -0.489. The van der Waals surface area contributed by atoms with Crippen LogP contribution in [0.1, 0.15) is 0 Å². The highest BCUT2D eigenvalue weighted by Crippen LogP contribution is 2.05. The van der Waals surface area contributed by atoms with Crippen LogP contribution in [-0.2, 0) is 26.2 Å². The van der Waals surface area contributed by atoms with Crippen LogP contribution in [-0.4, -0.2) is 32.8 Å². The van der Waals surface area contributed by atoms with Gasteiger partial charge in [-0.15, -0.1) is 0 Å². The van der Waals surface area contributed by atoms with Gasteiger partial charge in [0, 0.05) is 6.20 Å². The van der Waals surface area contributed by atoms with Crippen molar-refractivity contribution in [2.24, 2.45) is 0 Å². The minimum absolute atomic E-state index is 0.131. The highest BCUT2D eigenvalue weighted by atomic mass is 35.5. The second kappa shape index (κ2) is 5.11. The van der Waals surface area contributed by atoms with Crippen molar-refractivity contribution in [3.8, 4) is 0 Å². The molecule has 0 amide bonds. The first-order valence-electron chi connectivity index (χ1n) is 3.71. The van der Waals surface area contributed by atoms with Gasteiger partial charge in [0.15, 0.2) is 0 Å². The Labute approximate surface area is 88.5 Å². The quantitative estimate of drug-likeness (QED) is 0.711. The zero-order valence-electron chi connectivity index (χ0n) is 7.47. The van der Waals surface area contributed by atoms with Crippen molar-refractivity contribution in [1.82, 2.24) is 9.78 Å². The van der Waals surface area contributed by atoms with Crippen LogP contribution in [0.5, 0.6) is 0 Å². The highest BCUT2D eigenvalue weighted by molar-refractivity contribution is 7.84. The predicted molar refractivity (Wildman–Crippen MR) is 52.3 cm³/mol. The van der Waals surface area contributed by atoms with E-state index in [0.29, 0.717) is 5.02 Å². The SMILES string of the molecule is COC(=O)C[S@@](=O)Cn1cc(Cl)cn1. The van der Waals surface area contributed by atoms with E-state index in [9.17, 15) is 9.00 Å². The molecule has 0 fully saturated rings. The molecule has 1 aromatic rings. The number of ether oxygens (including phenoxy) is 1. The molecular weight excluding hydrogens is 228 g/mol. The molecule has 0 radical (unpaired) electrons. The fourth-order valence-corrected chi connectivity index (χ4v) is 1.86. The third-order valence-electron chi connectivity index (χ3n) is 1.38. The van der Waals surface area contributed by atoms with Crippen LogP contribution in [0.15, 0.2) is 12.4 Å². The smallest absolute Gasteiger partial charge is 0.318 e. The maximum Gasteiger partial charge on any atom is 0.318 e. The molecule has 1 atom stereocenters. The Morgan fingerprint density at radius 1 is 1.79 bits per heavy atom. The Bertz CT molecular complexity index is 352. The molecule has 5 nitrogen and oxygen atoms in total. The zero-order chi connectivity index (χ0) is 10.6. The average molecular weight is 237 g/mol. The lowest BCUT2D eigenvalue weighted by molar-refractivity contribution is -0.137. The van der Waals surface area contributed by atoms with Gasteiger partial charge in [0.25, 0.3) is 0 Å². The molecule has 0 unspecified atom stereocenters. The van der Waals surface area contributed by atoms with Gasteiger partial charge in [-0.25, -0.2) is 0 Å². The fraction of sp³-hybridized carbons (Fsp3) is 0.429. The zero-order valence-corrected chi connectivity index (χ0v) is 9.05. The summed E-state index contributed by atoms with van der Waals surface area (Å²) in [4.78, 5) is 10.7. The summed E-state index contributed by atoms with van der Waals surface area (Å²) >= 11 is 5.60. The van der Waals surface area contributed by atoms with E-state index >= 15 is 0 Å². The van der Waals surface area contributed by atoms with Gasteiger partial charge in [0.05, 0.1) is 29.1 Å². The van der Waals surface area contributed by atoms with Crippen LogP contribution in [0.2, 0.25) is 5.02 Å². The van der Waals surface area contributed by atoms with Crippen LogP contribution in [0.25, 0.3) is 0 Å². The van der Waals surface area contributed by atoms with Crippen LogP contribution >= 0.6 is 11.6 Å². The molecule has 0 spiro atoms. The Morgan fingerprint density at radius 3 is 3.00 bits per heavy atom. The van der Waals surface area contributed by atoms with Crippen LogP contribution in [0.3, 0.4) is 0 Å². The second-order valence-electron chi connectivity index (χ2n) is 2.49. The molecular formula is C7H9ClN2O3S. The average Bonchev–Trinajstić information content (AvgIpc) is 2.50. The molecule has 0 aliphatic rings. The Morgan fingerprint density at radius 2 is 2.50 bits per heavy atom. The Hall–Kier alpha value is -0.880. The number of hydrogen-bond donors (Lipinski definition) is 0. The van der Waals surface area contributed by atoms with E-state index in [4.69, 9.17) is 11.6 Å². The first-order chi connectivity index (χ1) is 6.61. The minimum atomic E-state index is -1.32. The van der Waals surface area contributed by atoms with Crippen molar-refractivity contribution in [2.45, 2.75) is 5.88 Å². The molecule has 78 valence electrons. The van der Waals surface area contributed by atoms with Gasteiger partial charge < -0.3 is 4.74 Å². The van der Waals surface area contributed by atoms with Gasteiger partial charge >= 0.3 is 5.97 Å². The van der Waals surface area contributed by atoms with E-state index < -0.39 is 16.8 Å². The highest BCUT2D eigenvalue weighted by Gasteiger charge is 2.08. The molecule has 7 heteroatoms. The topological polar surface area (TPSA) is 61.2 Å². The standard InChI is InChI=1S/C7H9ClN2O3S/c1-13-7(11)4-14(12)5-10-3-6(8)2-9-10/h2-3H,4-5H2,1H3/t14-/m1/s1. The lowest BCUT2D eigenvalue weighted by Gasteiger charge is -2.00. The first-order valence-corrected chi connectivity index (χ1v) is 5.58. The maximum absolute atomic E-state index is 11.3. The molecule has 14 heavy (non-hydrogen) atoms. The van der Waals surface area contributed by atoms with E-state index in [2.05, 4.69) is 9.84 Å². The minimum Gasteiger partial charge on any atom is -0.468 e. The van der Waals surface area contributed by atoms with E-state index in [1.165, 1.54) is 24.2 Å². The van der Waals surface area contributed by atoms with Crippen LogP contribution in [0.4, 0.5) is 0 Å². The molecule has 0 aliphatic heterocycles. The first kappa shape index (κ1) is 11.2. The van der Waals surface area contributed by atoms with E-state index in [0.717, 1.165) is 0 Å². The maximum atomic E-state index is 11.3. The number of aromatic nitrogens is 2. The summed E-state index contributed by atoms with van der Waals surface area (Å²) in [5, 5.41) is 4.30. The lowest BCUT2D eigenvalue weighted by Crippen LogP contribution is -2.16. The van der Waals surface area contributed by atoms with Crippen molar-refractivity contribution in [3.63, 3.8) is 0 Å². The van der Waals surface area contributed by atoms with Gasteiger partial charge in [0.1, 0.15) is 11.6 Å². The number of halogens is 1. The van der Waals surface area contributed by atoms with Gasteiger partial charge in [-0.1, -0.05) is 11.6 Å². The third-order valence-corrected chi connectivity index (χ3v) is 2.69. The molecule has 1 aromatic heterocycles. The van der Waals surface area contributed by atoms with Crippen molar-refractivity contribution in [3.05, 3.63) is 17.4 Å². The van der Waals surface area contributed by atoms with Crippen molar-refractivity contribution >= 4 is 28.4 Å². The van der Waals surface area contributed by atoms with Crippen LogP contribution in [0, 0.1) is 0 Å². The van der Waals surface area contributed by atoms with Gasteiger partial charge in [-0.2, -0.15) is 5.10 Å². The number of rotatable bonds is 4. The molecule has 0 bridgehead atoms. The van der Waals surface area contributed by atoms with E-state index in [-0.39, 0.29) is 11.6 Å². The van der Waals surface area contributed by atoms with Crippen LogP contribution < -0.4 is 0 Å². The largest absolute Gasteiger partial charge is 0.468 e. The molecule has 0 saturated carbocycles. The predicted octanol–water partition coefficient (Wildman–Crippen LogP) is 0.416. The molecule has 0 aromatic carbocycles. The summed E-state index contributed by atoms with van der Waals surface area (Å²) in [6.07, 6.45) is 2.98. The second-order valence-corrected chi connectivity index (χ2v) is 4.35. The lowest BCUT2D eigenvalue weighted by atomic mass is 10.7. The normalized spacial score (nSPS) is 12.4. The monoisotopic (exact) mass is 236 g/mol. The van der Waals surface area contributed by atoms with E-state index in [1.54, 1.807) is 0 Å². The Kier molecular flexibility index (Phi) is 4.09. The fourth-order valence-electron chi connectivity index (χ4n) is 0.792. The number of methoxy groups -OCH3 is 1. The Balaban J connectivity index is 2.45. The summed E-state index contributed by atoms with van der Waals surface area (Å²) in [5.41, 5.74) is 0. The number of esters is 1. The number of carbonyl (C=O) groups is 1. The number of hydrogen-bond acceptors (Lipinski definition) is 4. The molecule has 0 aliphatic carbocycles. The van der Waals surface area contributed by atoms with E-state index in [1.807, 2.05) is 0 Å². The molecule has 1 rings (SSSR count). The number of nitrogens with zero attached hydrogens (tertiary/aromatic N) is 2. The van der Waals surface area contributed by atoms with Crippen molar-refractivity contribution in [1.29, 1.82) is 0 Å². The summed E-state index contributed by atoms with van der Waals surface area (Å²) in [6.45, 7) is 0. The molecule has 0 saturated heterocycles. The van der Waals surface area contributed by atoms with Crippen molar-refractivity contribution < 1.29 is 13.7 Å². The van der Waals surface area contributed by atoms with Crippen molar-refractivity contribution in [2.75, 3.05) is 12.9 Å². The molecule has 0 N–H and O–H groups in total. The van der Waals surface area contributed by atoms with Gasteiger partial charge in [-0.05, 0) is 0 Å². The summed E-state index contributed by atoms with van der Waals surface area (Å²) in [7, 11) is -0.0661. The third kappa shape index (κ3) is 3.47. The van der Waals surface area contributed by atoms with Gasteiger partial charge in [-0.3, -0.25) is 13.7 Å². The summed E-state index contributed by atoms with van der Waals surface area (Å²) in [6, 6.07) is 0.